The van der Waals surface area contributed by atoms with Gasteiger partial charge in [-0.1, -0.05) is 12.1 Å². The third-order valence-corrected chi connectivity index (χ3v) is 7.89. The maximum Gasteiger partial charge on any atom is 0.257 e. The zero-order valence-electron chi connectivity index (χ0n) is 18.8. The molecule has 4 rings (SSSR count). The van der Waals surface area contributed by atoms with Crippen LogP contribution < -0.4 is 4.74 Å². The van der Waals surface area contributed by atoms with Gasteiger partial charge in [0.1, 0.15) is 11.5 Å². The van der Waals surface area contributed by atoms with Crippen LogP contribution in [0.25, 0.3) is 0 Å². The average Bonchev–Trinajstić information content (AvgIpc) is 2.88. The predicted molar refractivity (Wildman–Crippen MR) is 122 cm³/mol. The lowest BCUT2D eigenvalue weighted by Gasteiger charge is -2.35. The molecule has 0 spiro atoms. The number of nitrogens with zero attached hydrogens (tertiary/aromatic N) is 3. The Morgan fingerprint density at radius 3 is 2.06 bits per heavy atom. The maximum absolute atomic E-state index is 13.3. The van der Waals surface area contributed by atoms with Crippen molar-refractivity contribution in [2.75, 3.05) is 59.6 Å². The second-order valence-corrected chi connectivity index (χ2v) is 9.92. The number of hydrogen-bond acceptors (Lipinski definition) is 7. The number of ether oxygens (including phenoxy) is 2. The second kappa shape index (κ2) is 10.00. The molecule has 1 N–H and O–H groups in total. The highest BCUT2D eigenvalue weighted by Crippen LogP contribution is 2.27. The van der Waals surface area contributed by atoms with Gasteiger partial charge in [0.25, 0.3) is 11.8 Å². The van der Waals surface area contributed by atoms with E-state index in [1.54, 1.807) is 28.0 Å². The molecule has 2 aliphatic heterocycles. The quantitative estimate of drug-likeness (QED) is 0.667. The maximum atomic E-state index is 13.3. The molecule has 2 aliphatic rings. The van der Waals surface area contributed by atoms with Gasteiger partial charge in [-0.25, -0.2) is 8.42 Å². The smallest absolute Gasteiger partial charge is 0.257 e. The number of methoxy groups -OCH3 is 1. The number of phenolic OH excluding ortho intramolecular Hbond substituents is 1. The van der Waals surface area contributed by atoms with E-state index >= 15 is 0 Å². The Hall–Kier alpha value is -3.15. The Kier molecular flexibility index (Phi) is 7.05. The standard InChI is InChI=1S/C23H27N3O7S/c1-32-21-7-6-17(34(30,31)26-12-14-33-15-13-26)16-19(21)23(29)25-10-8-24(9-11-25)22(28)18-4-2-3-5-20(18)27/h2-7,16,27H,8-15H2,1H3. The van der Waals surface area contributed by atoms with E-state index in [0.717, 1.165) is 0 Å². The number of rotatable bonds is 5. The largest absolute Gasteiger partial charge is 0.507 e. The molecule has 2 aromatic carbocycles. The number of carbonyl (C=O) groups is 2. The van der Waals surface area contributed by atoms with Crippen LogP contribution in [0, 0.1) is 0 Å². The average molecular weight is 490 g/mol. The van der Waals surface area contributed by atoms with Crippen LogP contribution in [0.4, 0.5) is 0 Å². The zero-order valence-corrected chi connectivity index (χ0v) is 19.7. The molecule has 2 aromatic rings. The van der Waals surface area contributed by atoms with E-state index in [1.165, 1.54) is 35.7 Å². The number of piperazine rings is 1. The van der Waals surface area contributed by atoms with E-state index in [-0.39, 0.29) is 78.6 Å². The molecule has 0 radical (unpaired) electrons. The minimum Gasteiger partial charge on any atom is -0.507 e. The number of carbonyl (C=O) groups excluding carboxylic acids is 2. The summed E-state index contributed by atoms with van der Waals surface area (Å²) < 4.78 is 38.0. The summed E-state index contributed by atoms with van der Waals surface area (Å²) in [6, 6.07) is 10.6. The highest BCUT2D eigenvalue weighted by Gasteiger charge is 2.31. The first-order valence-corrected chi connectivity index (χ1v) is 12.4. The number of benzene rings is 2. The van der Waals surface area contributed by atoms with Crippen LogP contribution >= 0.6 is 0 Å². The van der Waals surface area contributed by atoms with Crippen LogP contribution in [0.3, 0.4) is 0 Å². The molecule has 0 unspecified atom stereocenters. The van der Waals surface area contributed by atoms with Gasteiger partial charge in [0.15, 0.2) is 0 Å². The summed E-state index contributed by atoms with van der Waals surface area (Å²) in [5.41, 5.74) is 0.363. The molecule has 0 aliphatic carbocycles. The summed E-state index contributed by atoms with van der Waals surface area (Å²) in [6.45, 7) is 2.26. The third kappa shape index (κ3) is 4.72. The van der Waals surface area contributed by atoms with Gasteiger partial charge in [-0.15, -0.1) is 0 Å². The summed E-state index contributed by atoms with van der Waals surface area (Å²) in [5, 5.41) is 9.96. The molecule has 0 bridgehead atoms. The Morgan fingerprint density at radius 1 is 0.882 bits per heavy atom. The van der Waals surface area contributed by atoms with Gasteiger partial charge in [-0.05, 0) is 30.3 Å². The molecule has 2 amide bonds. The fourth-order valence-electron chi connectivity index (χ4n) is 4.06. The SMILES string of the molecule is COc1ccc(S(=O)(=O)N2CCOCC2)cc1C(=O)N1CCN(C(=O)c2ccccc2O)CC1. The van der Waals surface area contributed by atoms with Gasteiger partial charge in [-0.3, -0.25) is 9.59 Å². The first kappa shape index (κ1) is 24.0. The van der Waals surface area contributed by atoms with E-state index in [9.17, 15) is 23.1 Å². The molecule has 2 heterocycles. The molecule has 34 heavy (non-hydrogen) atoms. The minimum absolute atomic E-state index is 0.0203. The van der Waals surface area contributed by atoms with Crippen LogP contribution in [0.2, 0.25) is 0 Å². The lowest BCUT2D eigenvalue weighted by Crippen LogP contribution is -2.50. The molecule has 0 atom stereocenters. The van der Waals surface area contributed by atoms with Gasteiger partial charge in [0.05, 0.1) is 36.3 Å². The topological polar surface area (TPSA) is 117 Å². The van der Waals surface area contributed by atoms with Crippen LogP contribution in [0.5, 0.6) is 11.5 Å². The second-order valence-electron chi connectivity index (χ2n) is 7.98. The first-order chi connectivity index (χ1) is 16.3. The Labute approximate surface area is 198 Å². The van der Waals surface area contributed by atoms with Crippen molar-refractivity contribution in [2.45, 2.75) is 4.90 Å². The van der Waals surface area contributed by atoms with Crippen LogP contribution in [-0.2, 0) is 14.8 Å². The van der Waals surface area contributed by atoms with Gasteiger partial charge in [0, 0.05) is 39.3 Å². The number of aromatic hydroxyl groups is 1. The first-order valence-electron chi connectivity index (χ1n) is 11.0. The fourth-order valence-corrected chi connectivity index (χ4v) is 5.49. The van der Waals surface area contributed by atoms with E-state index < -0.39 is 10.0 Å². The normalized spacial score (nSPS) is 17.4. The summed E-state index contributed by atoms with van der Waals surface area (Å²) >= 11 is 0. The molecule has 2 saturated heterocycles. The van der Waals surface area contributed by atoms with Crippen molar-refractivity contribution in [2.24, 2.45) is 0 Å². The van der Waals surface area contributed by atoms with Crippen molar-refractivity contribution < 1.29 is 32.6 Å². The van der Waals surface area contributed by atoms with Crippen LogP contribution in [0.1, 0.15) is 20.7 Å². The number of para-hydroxylation sites is 1. The molecular weight excluding hydrogens is 462 g/mol. The van der Waals surface area contributed by atoms with E-state index in [0.29, 0.717) is 13.2 Å². The zero-order chi connectivity index (χ0) is 24.3. The number of sulfonamides is 1. The molecule has 10 nitrogen and oxygen atoms in total. The fraction of sp³-hybridized carbons (Fsp3) is 0.391. The number of amides is 2. The summed E-state index contributed by atoms with van der Waals surface area (Å²) in [4.78, 5) is 29.2. The van der Waals surface area contributed by atoms with Crippen LogP contribution in [0.15, 0.2) is 47.4 Å². The van der Waals surface area contributed by atoms with E-state index in [4.69, 9.17) is 9.47 Å². The van der Waals surface area contributed by atoms with Crippen molar-refractivity contribution in [3.63, 3.8) is 0 Å². The highest BCUT2D eigenvalue weighted by atomic mass is 32.2. The van der Waals surface area contributed by atoms with Crippen molar-refractivity contribution in [3.8, 4) is 11.5 Å². The third-order valence-electron chi connectivity index (χ3n) is 6.00. The molecule has 182 valence electrons. The monoisotopic (exact) mass is 489 g/mol. The number of morpholine rings is 1. The van der Waals surface area contributed by atoms with Gasteiger partial charge >= 0.3 is 0 Å². The van der Waals surface area contributed by atoms with E-state index in [2.05, 4.69) is 0 Å². The predicted octanol–water partition coefficient (Wildman–Crippen LogP) is 1.02. The van der Waals surface area contributed by atoms with Gasteiger partial charge < -0.3 is 24.4 Å². The number of hydrogen-bond donors (Lipinski definition) is 1. The molecule has 11 heteroatoms. The Morgan fingerprint density at radius 2 is 1.47 bits per heavy atom. The highest BCUT2D eigenvalue weighted by molar-refractivity contribution is 7.89. The van der Waals surface area contributed by atoms with Crippen molar-refractivity contribution >= 4 is 21.8 Å². The summed E-state index contributed by atoms with van der Waals surface area (Å²) in [5.74, 6) is -0.486. The molecule has 0 saturated carbocycles. The lowest BCUT2D eigenvalue weighted by atomic mass is 10.1. The molecular formula is C23H27N3O7S. The lowest BCUT2D eigenvalue weighted by molar-refractivity contribution is 0.0531. The van der Waals surface area contributed by atoms with Gasteiger partial charge in [-0.2, -0.15) is 4.31 Å². The van der Waals surface area contributed by atoms with Gasteiger partial charge in [0.2, 0.25) is 10.0 Å². The Balaban J connectivity index is 1.50. The van der Waals surface area contributed by atoms with Crippen molar-refractivity contribution in [3.05, 3.63) is 53.6 Å². The van der Waals surface area contributed by atoms with Crippen molar-refractivity contribution in [1.82, 2.24) is 14.1 Å². The minimum atomic E-state index is -3.78. The Bertz CT molecular complexity index is 1170. The van der Waals surface area contributed by atoms with Crippen molar-refractivity contribution in [1.29, 1.82) is 0 Å². The van der Waals surface area contributed by atoms with Crippen LogP contribution in [-0.4, -0.2) is 99.0 Å². The summed E-state index contributed by atoms with van der Waals surface area (Å²) in [7, 11) is -2.36. The number of phenols is 1. The summed E-state index contributed by atoms with van der Waals surface area (Å²) in [6.07, 6.45) is 0. The van der Waals surface area contributed by atoms with E-state index in [1.807, 2.05) is 0 Å². The molecule has 0 aromatic heterocycles. The molecule has 2 fully saturated rings.